The monoisotopic (exact) mass is 265 g/mol. The van der Waals surface area contributed by atoms with E-state index in [0.717, 1.165) is 0 Å². The van der Waals surface area contributed by atoms with Crippen molar-refractivity contribution in [2.75, 3.05) is 0 Å². The Bertz CT molecular complexity index is 424. The first-order valence-corrected chi connectivity index (χ1v) is 6.16. The summed E-state index contributed by atoms with van der Waals surface area (Å²) in [5.41, 5.74) is 0.484. The van der Waals surface area contributed by atoms with Crippen LogP contribution in [0.4, 0.5) is 0 Å². The van der Waals surface area contributed by atoms with Gasteiger partial charge >= 0.3 is 0 Å². The smallest absolute Gasteiger partial charge is 0.251 e. The predicted octanol–water partition coefficient (Wildman–Crippen LogP) is 0.275. The van der Waals surface area contributed by atoms with Gasteiger partial charge in [0.05, 0.1) is 6.17 Å². The van der Waals surface area contributed by atoms with Crippen LogP contribution < -0.4 is 10.6 Å². The van der Waals surface area contributed by atoms with E-state index in [1.54, 1.807) is 26.8 Å². The molecule has 6 nitrogen and oxygen atoms in total. The zero-order valence-electron chi connectivity index (χ0n) is 11.4. The summed E-state index contributed by atoms with van der Waals surface area (Å²) >= 11 is 0. The van der Waals surface area contributed by atoms with Crippen LogP contribution in [-0.4, -0.2) is 34.8 Å². The van der Waals surface area contributed by atoms with Gasteiger partial charge in [0.1, 0.15) is 6.04 Å². The summed E-state index contributed by atoms with van der Waals surface area (Å²) < 4.78 is 0. The van der Waals surface area contributed by atoms with Crippen molar-refractivity contribution in [3.8, 4) is 0 Å². The second kappa shape index (κ2) is 6.17. The van der Waals surface area contributed by atoms with Crippen LogP contribution in [-0.2, 0) is 14.4 Å². The maximum absolute atomic E-state index is 12.0. The molecule has 0 saturated carbocycles. The summed E-state index contributed by atoms with van der Waals surface area (Å²) in [4.78, 5) is 36.0. The average molecular weight is 265 g/mol. The van der Waals surface area contributed by atoms with Crippen LogP contribution in [0.5, 0.6) is 0 Å². The summed E-state index contributed by atoms with van der Waals surface area (Å²) in [5.74, 6) is -0.760. The standard InChI is InChI=1S/C13H19N3O3/c1-5-11(17)14-10(4)15-13(19)9(3)16-8(2)6-7-12(16)18/h6-7,9-10H,2,5H2,1,3-4H3,(H,14,17)(H,15,19). The average Bonchev–Trinajstić information content (AvgIpc) is 2.67. The molecule has 2 unspecified atom stereocenters. The molecule has 6 heteroatoms. The molecule has 0 spiro atoms. The van der Waals surface area contributed by atoms with Crippen LogP contribution in [0.15, 0.2) is 24.4 Å². The second-order valence-corrected chi connectivity index (χ2v) is 4.36. The maximum atomic E-state index is 12.0. The summed E-state index contributed by atoms with van der Waals surface area (Å²) in [6.45, 7) is 8.70. The van der Waals surface area contributed by atoms with Crippen LogP contribution >= 0.6 is 0 Å². The van der Waals surface area contributed by atoms with Gasteiger partial charge in [-0.3, -0.25) is 19.3 Å². The number of rotatable bonds is 5. The molecule has 0 aromatic carbocycles. The van der Waals surface area contributed by atoms with Gasteiger partial charge in [-0.15, -0.1) is 0 Å². The van der Waals surface area contributed by atoms with Gasteiger partial charge in [0.25, 0.3) is 5.91 Å². The first kappa shape index (κ1) is 14.9. The minimum atomic E-state index is -0.670. The van der Waals surface area contributed by atoms with E-state index in [2.05, 4.69) is 17.2 Å². The summed E-state index contributed by atoms with van der Waals surface area (Å²) in [6, 6.07) is -0.670. The molecule has 1 rings (SSSR count). The Morgan fingerprint density at radius 2 is 1.95 bits per heavy atom. The fourth-order valence-electron chi connectivity index (χ4n) is 1.74. The van der Waals surface area contributed by atoms with Gasteiger partial charge in [-0.25, -0.2) is 0 Å². The van der Waals surface area contributed by atoms with Gasteiger partial charge in [0, 0.05) is 18.2 Å². The number of allylic oxidation sites excluding steroid dienone is 1. The first-order valence-electron chi connectivity index (χ1n) is 6.16. The van der Waals surface area contributed by atoms with Gasteiger partial charge in [0.2, 0.25) is 11.8 Å². The molecular formula is C13H19N3O3. The number of nitrogens with zero attached hydrogens (tertiary/aromatic N) is 1. The van der Waals surface area contributed by atoms with Crippen molar-refractivity contribution in [1.82, 2.24) is 15.5 Å². The maximum Gasteiger partial charge on any atom is 0.251 e. The first-order chi connectivity index (χ1) is 8.86. The highest BCUT2D eigenvalue weighted by molar-refractivity contribution is 5.97. The van der Waals surface area contributed by atoms with E-state index in [1.165, 1.54) is 11.0 Å². The fraction of sp³-hybridized carbons (Fsp3) is 0.462. The number of carbonyl (C=O) groups excluding carboxylic acids is 3. The number of carbonyl (C=O) groups is 3. The molecule has 2 N–H and O–H groups in total. The van der Waals surface area contributed by atoms with Gasteiger partial charge in [0.15, 0.2) is 0 Å². The van der Waals surface area contributed by atoms with Crippen LogP contribution in [0, 0.1) is 0 Å². The highest BCUT2D eigenvalue weighted by atomic mass is 16.2. The van der Waals surface area contributed by atoms with Gasteiger partial charge in [-0.2, -0.15) is 0 Å². The number of hydrogen-bond acceptors (Lipinski definition) is 3. The van der Waals surface area contributed by atoms with E-state index in [0.29, 0.717) is 12.1 Å². The Morgan fingerprint density at radius 1 is 1.32 bits per heavy atom. The van der Waals surface area contributed by atoms with E-state index in [4.69, 9.17) is 0 Å². The Morgan fingerprint density at radius 3 is 2.42 bits per heavy atom. The van der Waals surface area contributed by atoms with Crippen molar-refractivity contribution < 1.29 is 14.4 Å². The van der Waals surface area contributed by atoms with E-state index in [9.17, 15) is 14.4 Å². The molecule has 1 aliphatic rings. The zero-order valence-corrected chi connectivity index (χ0v) is 11.4. The third-order valence-electron chi connectivity index (χ3n) is 2.79. The van der Waals surface area contributed by atoms with Crippen LogP contribution in [0.2, 0.25) is 0 Å². The summed E-state index contributed by atoms with van der Waals surface area (Å²) in [7, 11) is 0. The molecule has 0 aromatic rings. The minimum Gasteiger partial charge on any atom is -0.336 e. The van der Waals surface area contributed by atoms with Crippen molar-refractivity contribution in [3.05, 3.63) is 24.4 Å². The molecule has 0 fully saturated rings. The molecule has 104 valence electrons. The van der Waals surface area contributed by atoms with Crippen molar-refractivity contribution in [1.29, 1.82) is 0 Å². The minimum absolute atomic E-state index is 0.149. The lowest BCUT2D eigenvalue weighted by molar-refractivity contribution is -0.134. The quantitative estimate of drug-likeness (QED) is 0.701. The summed E-state index contributed by atoms with van der Waals surface area (Å²) in [5, 5.41) is 5.25. The SMILES string of the molecule is C=C1C=CC(=O)N1C(C)C(=O)NC(C)NC(=O)CC. The highest BCUT2D eigenvalue weighted by Crippen LogP contribution is 2.16. The molecule has 19 heavy (non-hydrogen) atoms. The molecule has 0 aliphatic carbocycles. The largest absolute Gasteiger partial charge is 0.336 e. The lowest BCUT2D eigenvalue weighted by Crippen LogP contribution is -2.52. The predicted molar refractivity (Wildman–Crippen MR) is 70.6 cm³/mol. The third kappa shape index (κ3) is 3.67. The van der Waals surface area contributed by atoms with Gasteiger partial charge in [-0.05, 0) is 19.9 Å². The second-order valence-electron chi connectivity index (χ2n) is 4.36. The van der Waals surface area contributed by atoms with Gasteiger partial charge in [-0.1, -0.05) is 13.5 Å². The van der Waals surface area contributed by atoms with Crippen molar-refractivity contribution in [2.24, 2.45) is 0 Å². The van der Waals surface area contributed by atoms with E-state index in [-0.39, 0.29) is 17.7 Å². The van der Waals surface area contributed by atoms with Gasteiger partial charge < -0.3 is 10.6 Å². The third-order valence-corrected chi connectivity index (χ3v) is 2.79. The van der Waals surface area contributed by atoms with Crippen LogP contribution in [0.25, 0.3) is 0 Å². The molecule has 1 aliphatic heterocycles. The van der Waals surface area contributed by atoms with Crippen LogP contribution in [0.3, 0.4) is 0 Å². The molecule has 0 bridgehead atoms. The lowest BCUT2D eigenvalue weighted by Gasteiger charge is -2.26. The fourth-order valence-corrected chi connectivity index (χ4v) is 1.74. The Kier molecular flexibility index (Phi) is 4.86. The van der Waals surface area contributed by atoms with E-state index < -0.39 is 12.2 Å². The number of hydrogen-bond donors (Lipinski definition) is 2. The van der Waals surface area contributed by atoms with Crippen LogP contribution in [0.1, 0.15) is 27.2 Å². The number of nitrogens with one attached hydrogen (secondary N) is 2. The highest BCUT2D eigenvalue weighted by Gasteiger charge is 2.29. The molecule has 3 amide bonds. The Hall–Kier alpha value is -2.11. The number of amides is 3. The van der Waals surface area contributed by atoms with E-state index in [1.807, 2.05) is 0 Å². The molecule has 2 atom stereocenters. The Labute approximate surface area is 112 Å². The normalized spacial score (nSPS) is 17.3. The van der Waals surface area contributed by atoms with Crippen molar-refractivity contribution >= 4 is 17.7 Å². The van der Waals surface area contributed by atoms with E-state index >= 15 is 0 Å². The van der Waals surface area contributed by atoms with Crippen molar-refractivity contribution in [2.45, 2.75) is 39.4 Å². The molecule has 0 aromatic heterocycles. The molecular weight excluding hydrogens is 246 g/mol. The molecule has 0 saturated heterocycles. The molecule has 0 radical (unpaired) electrons. The Balaban J connectivity index is 2.56. The lowest BCUT2D eigenvalue weighted by atomic mass is 10.2. The zero-order chi connectivity index (χ0) is 14.6. The molecule has 1 heterocycles. The van der Waals surface area contributed by atoms with Crippen molar-refractivity contribution in [3.63, 3.8) is 0 Å². The summed E-state index contributed by atoms with van der Waals surface area (Å²) in [6.07, 6.45) is 2.80. The topological polar surface area (TPSA) is 78.5 Å².